The molecule has 0 radical (unpaired) electrons. The molecule has 2 rings (SSSR count). The summed E-state index contributed by atoms with van der Waals surface area (Å²) >= 11 is 0. The van der Waals surface area contributed by atoms with Crippen LogP contribution in [0.25, 0.3) is 0 Å². The van der Waals surface area contributed by atoms with Gasteiger partial charge in [0, 0.05) is 22.9 Å². The van der Waals surface area contributed by atoms with E-state index in [1.54, 1.807) is 12.1 Å². The normalized spacial score (nSPS) is 13.1. The third-order valence-corrected chi connectivity index (χ3v) is 4.57. The van der Waals surface area contributed by atoms with Crippen molar-refractivity contribution in [1.82, 2.24) is 9.78 Å². The van der Waals surface area contributed by atoms with Crippen LogP contribution in [0, 0.1) is 0 Å². The molecular formula is C14H17ClN2O3S. The Labute approximate surface area is 128 Å². The van der Waals surface area contributed by atoms with Gasteiger partial charge in [-0.3, -0.25) is 4.68 Å². The summed E-state index contributed by atoms with van der Waals surface area (Å²) in [5.41, 5.74) is 0.823. The van der Waals surface area contributed by atoms with E-state index in [2.05, 4.69) is 18.9 Å². The van der Waals surface area contributed by atoms with E-state index in [0.717, 1.165) is 12.1 Å². The summed E-state index contributed by atoms with van der Waals surface area (Å²) in [4.78, 5) is 0.0533. The molecule has 114 valence electrons. The number of hydrogen-bond donors (Lipinski definition) is 0. The molecule has 0 spiro atoms. The van der Waals surface area contributed by atoms with Gasteiger partial charge >= 0.3 is 0 Å². The minimum Gasteiger partial charge on any atom is -0.487 e. The summed E-state index contributed by atoms with van der Waals surface area (Å²) < 4.78 is 29.7. The fraction of sp³-hybridized carbons (Fsp3) is 0.357. The van der Waals surface area contributed by atoms with Crippen molar-refractivity contribution >= 4 is 19.7 Å². The van der Waals surface area contributed by atoms with Crippen LogP contribution in [-0.4, -0.2) is 18.2 Å². The molecular weight excluding hydrogens is 312 g/mol. The molecule has 0 aliphatic carbocycles. The van der Waals surface area contributed by atoms with Crippen molar-refractivity contribution in [3.63, 3.8) is 0 Å². The SMILES string of the molecule is CCC(C)n1ccc(COc2ccc(S(=O)(=O)Cl)cc2)n1. The first-order chi connectivity index (χ1) is 9.90. The van der Waals surface area contributed by atoms with Crippen LogP contribution >= 0.6 is 10.7 Å². The molecule has 0 bridgehead atoms. The topological polar surface area (TPSA) is 61.2 Å². The summed E-state index contributed by atoms with van der Waals surface area (Å²) in [5, 5.41) is 4.43. The first-order valence-corrected chi connectivity index (χ1v) is 8.92. The molecule has 0 N–H and O–H groups in total. The lowest BCUT2D eigenvalue weighted by Gasteiger charge is -2.08. The van der Waals surface area contributed by atoms with Crippen LogP contribution in [0.2, 0.25) is 0 Å². The minimum atomic E-state index is -3.69. The Bertz CT molecular complexity index is 695. The molecule has 5 nitrogen and oxygen atoms in total. The highest BCUT2D eigenvalue weighted by atomic mass is 35.7. The van der Waals surface area contributed by atoms with Gasteiger partial charge < -0.3 is 4.74 Å². The van der Waals surface area contributed by atoms with Crippen molar-refractivity contribution in [2.45, 2.75) is 37.8 Å². The fourth-order valence-corrected chi connectivity index (χ4v) is 2.51. The molecule has 0 fully saturated rings. The molecule has 7 heteroatoms. The van der Waals surface area contributed by atoms with E-state index in [9.17, 15) is 8.42 Å². The van der Waals surface area contributed by atoms with Crippen molar-refractivity contribution in [3.8, 4) is 5.75 Å². The predicted octanol–water partition coefficient (Wildman–Crippen LogP) is 3.36. The van der Waals surface area contributed by atoms with Crippen molar-refractivity contribution in [2.75, 3.05) is 0 Å². The lowest BCUT2D eigenvalue weighted by molar-refractivity contribution is 0.298. The van der Waals surface area contributed by atoms with Crippen LogP contribution < -0.4 is 4.74 Å². The van der Waals surface area contributed by atoms with Gasteiger partial charge in [-0.05, 0) is 43.7 Å². The van der Waals surface area contributed by atoms with Gasteiger partial charge in [0.1, 0.15) is 12.4 Å². The van der Waals surface area contributed by atoms with Crippen LogP contribution in [0.5, 0.6) is 5.75 Å². The van der Waals surface area contributed by atoms with Gasteiger partial charge in [-0.1, -0.05) is 6.92 Å². The lowest BCUT2D eigenvalue weighted by atomic mass is 10.3. The first kappa shape index (κ1) is 15.9. The van der Waals surface area contributed by atoms with E-state index in [4.69, 9.17) is 15.4 Å². The van der Waals surface area contributed by atoms with Crippen LogP contribution in [0.3, 0.4) is 0 Å². The number of aromatic nitrogens is 2. The molecule has 0 aliphatic rings. The second-order valence-corrected chi connectivity index (χ2v) is 7.31. The molecule has 1 aromatic heterocycles. The molecule has 0 saturated carbocycles. The largest absolute Gasteiger partial charge is 0.487 e. The zero-order chi connectivity index (χ0) is 15.5. The van der Waals surface area contributed by atoms with Gasteiger partial charge in [-0.2, -0.15) is 5.10 Å². The average Bonchev–Trinajstić information content (AvgIpc) is 2.92. The zero-order valence-electron chi connectivity index (χ0n) is 11.9. The van der Waals surface area contributed by atoms with Gasteiger partial charge in [0.05, 0.1) is 10.6 Å². The standard InChI is InChI=1S/C14H17ClN2O3S/c1-3-11(2)17-9-8-12(16-17)10-20-13-4-6-14(7-5-13)21(15,18)19/h4-9,11H,3,10H2,1-2H3. The van der Waals surface area contributed by atoms with Gasteiger partial charge in [0.25, 0.3) is 9.05 Å². The number of halogens is 1. The second-order valence-electron chi connectivity index (χ2n) is 4.74. The molecule has 1 heterocycles. The average molecular weight is 329 g/mol. The molecule has 0 saturated heterocycles. The van der Waals surface area contributed by atoms with Gasteiger partial charge in [-0.25, -0.2) is 8.42 Å². The number of hydrogen-bond acceptors (Lipinski definition) is 4. The van der Waals surface area contributed by atoms with Crippen molar-refractivity contribution in [1.29, 1.82) is 0 Å². The molecule has 21 heavy (non-hydrogen) atoms. The summed E-state index contributed by atoms with van der Waals surface area (Å²) in [5.74, 6) is 0.567. The smallest absolute Gasteiger partial charge is 0.261 e. The molecule has 1 atom stereocenters. The van der Waals surface area contributed by atoms with E-state index in [-0.39, 0.29) is 4.90 Å². The second kappa shape index (κ2) is 6.49. The Morgan fingerprint density at radius 2 is 1.95 bits per heavy atom. The van der Waals surface area contributed by atoms with Gasteiger partial charge in [-0.15, -0.1) is 0 Å². The van der Waals surface area contributed by atoms with Crippen molar-refractivity contribution in [2.24, 2.45) is 0 Å². The third kappa shape index (κ3) is 4.22. The number of ether oxygens (including phenoxy) is 1. The van der Waals surface area contributed by atoms with Crippen molar-refractivity contribution < 1.29 is 13.2 Å². The maximum atomic E-state index is 11.1. The maximum Gasteiger partial charge on any atom is 0.261 e. The summed E-state index contributed by atoms with van der Waals surface area (Å²) in [6.07, 6.45) is 2.94. The summed E-state index contributed by atoms with van der Waals surface area (Å²) in [6.45, 7) is 4.54. The van der Waals surface area contributed by atoms with Crippen LogP contribution in [0.15, 0.2) is 41.4 Å². The Morgan fingerprint density at radius 3 is 2.52 bits per heavy atom. The summed E-state index contributed by atoms with van der Waals surface area (Å²) in [7, 11) is 1.55. The lowest BCUT2D eigenvalue weighted by Crippen LogP contribution is -2.05. The van der Waals surface area contributed by atoms with Crippen LogP contribution in [0.4, 0.5) is 0 Å². The predicted molar refractivity (Wildman–Crippen MR) is 81.0 cm³/mol. The van der Waals surface area contributed by atoms with Crippen molar-refractivity contribution in [3.05, 3.63) is 42.2 Å². The number of benzene rings is 1. The Kier molecular flexibility index (Phi) is 4.90. The highest BCUT2D eigenvalue weighted by Gasteiger charge is 2.09. The maximum absolute atomic E-state index is 11.1. The monoisotopic (exact) mass is 328 g/mol. The van der Waals surface area contributed by atoms with Crippen LogP contribution in [-0.2, 0) is 15.7 Å². The van der Waals surface area contributed by atoms with E-state index in [1.807, 2.05) is 16.9 Å². The Balaban J connectivity index is 1.98. The molecule has 2 aromatic rings. The fourth-order valence-electron chi connectivity index (χ4n) is 1.74. The van der Waals surface area contributed by atoms with E-state index < -0.39 is 9.05 Å². The quantitative estimate of drug-likeness (QED) is 0.763. The van der Waals surface area contributed by atoms with E-state index in [1.165, 1.54) is 12.1 Å². The molecule has 0 aliphatic heterocycles. The first-order valence-electron chi connectivity index (χ1n) is 6.61. The van der Waals surface area contributed by atoms with E-state index >= 15 is 0 Å². The Hall–Kier alpha value is -1.53. The number of nitrogens with zero attached hydrogens (tertiary/aromatic N) is 2. The molecule has 0 amide bonds. The van der Waals surface area contributed by atoms with Gasteiger partial charge in [0.2, 0.25) is 0 Å². The highest BCUT2D eigenvalue weighted by molar-refractivity contribution is 8.13. The molecule has 1 unspecified atom stereocenters. The van der Waals surface area contributed by atoms with Crippen LogP contribution in [0.1, 0.15) is 32.0 Å². The summed E-state index contributed by atoms with van der Waals surface area (Å²) in [6, 6.07) is 8.23. The van der Waals surface area contributed by atoms with E-state index in [0.29, 0.717) is 18.4 Å². The third-order valence-electron chi connectivity index (χ3n) is 3.20. The van der Waals surface area contributed by atoms with Gasteiger partial charge in [0.15, 0.2) is 0 Å². The molecule has 1 aromatic carbocycles. The zero-order valence-corrected chi connectivity index (χ0v) is 13.4. The Morgan fingerprint density at radius 1 is 1.29 bits per heavy atom. The minimum absolute atomic E-state index is 0.0533. The number of rotatable bonds is 6. The highest BCUT2D eigenvalue weighted by Crippen LogP contribution is 2.19.